The Morgan fingerprint density at radius 1 is 1.52 bits per heavy atom. The van der Waals surface area contributed by atoms with Crippen LogP contribution in [0.3, 0.4) is 0 Å². The van der Waals surface area contributed by atoms with E-state index in [1.54, 1.807) is 21.2 Å². The third kappa shape index (κ3) is 3.57. The van der Waals surface area contributed by atoms with Gasteiger partial charge in [0.05, 0.1) is 25.3 Å². The predicted molar refractivity (Wildman–Crippen MR) is 82.2 cm³/mol. The fourth-order valence-electron chi connectivity index (χ4n) is 2.42. The van der Waals surface area contributed by atoms with Crippen molar-refractivity contribution in [3.05, 3.63) is 23.5 Å². The van der Waals surface area contributed by atoms with E-state index in [-0.39, 0.29) is 18.9 Å². The van der Waals surface area contributed by atoms with Gasteiger partial charge in [-0.05, 0) is 0 Å². The minimum Gasteiger partial charge on any atom is -0.481 e. The first-order valence-corrected chi connectivity index (χ1v) is 7.98. The van der Waals surface area contributed by atoms with E-state index in [4.69, 9.17) is 9.84 Å². The van der Waals surface area contributed by atoms with Crippen molar-refractivity contribution < 1.29 is 19.4 Å². The van der Waals surface area contributed by atoms with Gasteiger partial charge in [0.15, 0.2) is 0 Å². The van der Waals surface area contributed by atoms with Gasteiger partial charge in [0.1, 0.15) is 10.7 Å². The summed E-state index contributed by atoms with van der Waals surface area (Å²) in [7, 11) is 1.82. The van der Waals surface area contributed by atoms with E-state index in [9.17, 15) is 9.59 Å². The molecular formula is C14H16N4O4S. The number of hydrogen-bond donors (Lipinski definition) is 1. The van der Waals surface area contributed by atoms with Crippen molar-refractivity contribution in [1.29, 1.82) is 0 Å². The monoisotopic (exact) mass is 336 g/mol. The molecule has 1 aliphatic rings. The zero-order valence-corrected chi connectivity index (χ0v) is 13.3. The van der Waals surface area contributed by atoms with E-state index < -0.39 is 12.1 Å². The molecule has 2 aromatic heterocycles. The standard InChI is InChI=1S/C14H16N4O4S/c1-17-6-9(5-15-17)13-16-11(8-23-13)14(21)18-2-3-22-10(7-18)4-12(19)20/h5-6,8,10H,2-4,7H2,1H3,(H,19,20)/t10-/m0/s1. The maximum Gasteiger partial charge on any atom is 0.306 e. The Morgan fingerprint density at radius 2 is 2.35 bits per heavy atom. The Kier molecular flexibility index (Phi) is 4.39. The Balaban J connectivity index is 1.70. The predicted octanol–water partition coefficient (Wildman–Crippen LogP) is 0.859. The number of carboxylic acid groups (broad SMARTS) is 1. The Hall–Kier alpha value is -2.26. The van der Waals surface area contributed by atoms with Crippen LogP contribution in [-0.4, -0.2) is 62.4 Å². The molecule has 9 heteroatoms. The fourth-order valence-corrected chi connectivity index (χ4v) is 3.19. The first-order chi connectivity index (χ1) is 11.0. The number of aliphatic carboxylic acids is 1. The molecule has 0 bridgehead atoms. The van der Waals surface area contributed by atoms with Crippen LogP contribution in [0.5, 0.6) is 0 Å². The van der Waals surface area contributed by atoms with Crippen LogP contribution in [0.1, 0.15) is 16.9 Å². The number of rotatable bonds is 4. The largest absolute Gasteiger partial charge is 0.481 e. The van der Waals surface area contributed by atoms with Gasteiger partial charge in [0, 0.05) is 37.3 Å². The molecule has 1 aliphatic heterocycles. The first kappa shape index (κ1) is 15.6. The van der Waals surface area contributed by atoms with Crippen LogP contribution in [-0.2, 0) is 16.6 Å². The van der Waals surface area contributed by atoms with E-state index in [0.29, 0.717) is 18.8 Å². The lowest BCUT2D eigenvalue weighted by molar-refractivity contribution is -0.141. The maximum absolute atomic E-state index is 12.5. The number of amides is 1. The van der Waals surface area contributed by atoms with Gasteiger partial charge in [-0.15, -0.1) is 11.3 Å². The van der Waals surface area contributed by atoms with Gasteiger partial charge in [0.25, 0.3) is 5.91 Å². The smallest absolute Gasteiger partial charge is 0.306 e. The molecule has 122 valence electrons. The van der Waals surface area contributed by atoms with Crippen LogP contribution < -0.4 is 0 Å². The van der Waals surface area contributed by atoms with E-state index in [2.05, 4.69) is 10.1 Å². The number of morpholine rings is 1. The van der Waals surface area contributed by atoms with Gasteiger partial charge >= 0.3 is 5.97 Å². The van der Waals surface area contributed by atoms with Crippen molar-refractivity contribution in [3.63, 3.8) is 0 Å². The summed E-state index contributed by atoms with van der Waals surface area (Å²) in [5.74, 6) is -1.13. The maximum atomic E-state index is 12.5. The van der Waals surface area contributed by atoms with Crippen LogP contribution >= 0.6 is 11.3 Å². The molecular weight excluding hydrogens is 320 g/mol. The zero-order valence-electron chi connectivity index (χ0n) is 12.5. The van der Waals surface area contributed by atoms with Gasteiger partial charge in [0.2, 0.25) is 0 Å². The van der Waals surface area contributed by atoms with Crippen molar-refractivity contribution >= 4 is 23.2 Å². The average Bonchev–Trinajstić information content (AvgIpc) is 3.15. The second-order valence-corrected chi connectivity index (χ2v) is 6.14. The highest BCUT2D eigenvalue weighted by Crippen LogP contribution is 2.24. The van der Waals surface area contributed by atoms with Crippen molar-refractivity contribution in [3.8, 4) is 10.6 Å². The SMILES string of the molecule is Cn1cc(-c2nc(C(=O)N3CCO[C@@H](CC(=O)O)C3)cs2)cn1. The second kappa shape index (κ2) is 6.47. The minimum absolute atomic E-state index is 0.109. The van der Waals surface area contributed by atoms with Gasteiger partial charge in [-0.2, -0.15) is 5.10 Å². The molecule has 0 aromatic carbocycles. The number of aryl methyl sites for hydroxylation is 1. The molecule has 0 saturated carbocycles. The molecule has 3 heterocycles. The van der Waals surface area contributed by atoms with Crippen LogP contribution in [0, 0.1) is 0 Å². The summed E-state index contributed by atoms with van der Waals surface area (Å²) < 4.78 is 7.06. The molecule has 23 heavy (non-hydrogen) atoms. The number of hydrogen-bond acceptors (Lipinski definition) is 6. The van der Waals surface area contributed by atoms with Gasteiger partial charge < -0.3 is 14.7 Å². The summed E-state index contributed by atoms with van der Waals surface area (Å²) in [5.41, 5.74) is 1.23. The van der Waals surface area contributed by atoms with Crippen LogP contribution in [0.15, 0.2) is 17.8 Å². The number of carbonyl (C=O) groups is 2. The van der Waals surface area contributed by atoms with E-state index in [0.717, 1.165) is 10.6 Å². The molecule has 3 rings (SSSR count). The average molecular weight is 336 g/mol. The zero-order chi connectivity index (χ0) is 16.4. The molecule has 1 saturated heterocycles. The number of aromatic nitrogens is 3. The van der Waals surface area contributed by atoms with E-state index in [1.807, 2.05) is 13.2 Å². The van der Waals surface area contributed by atoms with Gasteiger partial charge in [-0.25, -0.2) is 4.98 Å². The number of carboxylic acids is 1. The van der Waals surface area contributed by atoms with Gasteiger partial charge in [-0.1, -0.05) is 0 Å². The quantitative estimate of drug-likeness (QED) is 0.889. The van der Waals surface area contributed by atoms with Crippen LogP contribution in [0.25, 0.3) is 10.6 Å². The summed E-state index contributed by atoms with van der Waals surface area (Å²) in [5, 5.41) is 15.4. The Bertz CT molecular complexity index is 726. The summed E-state index contributed by atoms with van der Waals surface area (Å²) in [4.78, 5) is 29.3. The summed E-state index contributed by atoms with van der Waals surface area (Å²) in [6.45, 7) is 1.04. The molecule has 1 fully saturated rings. The third-order valence-electron chi connectivity index (χ3n) is 3.50. The number of nitrogens with zero attached hydrogens (tertiary/aromatic N) is 4. The van der Waals surface area contributed by atoms with Crippen LogP contribution in [0.2, 0.25) is 0 Å². The molecule has 2 aromatic rings. The fraction of sp³-hybridized carbons (Fsp3) is 0.429. The highest BCUT2D eigenvalue weighted by Gasteiger charge is 2.27. The number of thiazole rings is 1. The molecule has 1 atom stereocenters. The van der Waals surface area contributed by atoms with Crippen molar-refractivity contribution in [2.45, 2.75) is 12.5 Å². The highest BCUT2D eigenvalue weighted by atomic mass is 32.1. The molecule has 1 amide bonds. The number of ether oxygens (including phenoxy) is 1. The molecule has 1 N–H and O–H groups in total. The highest BCUT2D eigenvalue weighted by molar-refractivity contribution is 7.13. The van der Waals surface area contributed by atoms with E-state index in [1.165, 1.54) is 11.3 Å². The molecule has 8 nitrogen and oxygen atoms in total. The Morgan fingerprint density at radius 3 is 3.04 bits per heavy atom. The minimum atomic E-state index is -0.933. The van der Waals surface area contributed by atoms with Crippen molar-refractivity contribution in [1.82, 2.24) is 19.7 Å². The lowest BCUT2D eigenvalue weighted by atomic mass is 10.2. The Labute approximate surface area is 136 Å². The second-order valence-electron chi connectivity index (χ2n) is 5.28. The summed E-state index contributed by atoms with van der Waals surface area (Å²) in [6, 6.07) is 0. The van der Waals surface area contributed by atoms with E-state index >= 15 is 0 Å². The molecule has 0 aliphatic carbocycles. The third-order valence-corrected chi connectivity index (χ3v) is 4.39. The normalized spacial score (nSPS) is 18.1. The molecule has 0 spiro atoms. The molecule has 0 unspecified atom stereocenters. The topological polar surface area (TPSA) is 97.6 Å². The van der Waals surface area contributed by atoms with Crippen molar-refractivity contribution in [2.75, 3.05) is 19.7 Å². The van der Waals surface area contributed by atoms with Crippen LogP contribution in [0.4, 0.5) is 0 Å². The summed E-state index contributed by atoms with van der Waals surface area (Å²) >= 11 is 1.38. The number of carbonyl (C=O) groups excluding carboxylic acids is 1. The van der Waals surface area contributed by atoms with Gasteiger partial charge in [-0.3, -0.25) is 14.3 Å². The summed E-state index contributed by atoms with van der Waals surface area (Å²) in [6.07, 6.45) is 2.96. The lowest BCUT2D eigenvalue weighted by Gasteiger charge is -2.31. The molecule has 0 radical (unpaired) electrons. The lowest BCUT2D eigenvalue weighted by Crippen LogP contribution is -2.46. The van der Waals surface area contributed by atoms with Crippen molar-refractivity contribution in [2.24, 2.45) is 7.05 Å². The first-order valence-electron chi connectivity index (χ1n) is 7.10.